The van der Waals surface area contributed by atoms with Gasteiger partial charge < -0.3 is 4.90 Å². The second-order valence-electron chi connectivity index (χ2n) is 15.0. The quantitative estimate of drug-likeness (QED) is 0.128. The van der Waals surface area contributed by atoms with Gasteiger partial charge in [-0.05, 0) is 106 Å². The first-order chi connectivity index (χ1) is 23.4. The molecule has 0 spiro atoms. The molecule has 0 saturated heterocycles. The smallest absolute Gasteiger partial charge is 0.294 e. The van der Waals surface area contributed by atoms with Gasteiger partial charge in [0.25, 0.3) is 20.2 Å². The molecule has 270 valence electrons. The molecular formula is C40H53N2O6S2+. The maximum absolute atomic E-state index is 12.0. The van der Waals surface area contributed by atoms with Gasteiger partial charge in [0.1, 0.15) is 6.54 Å². The number of allylic oxidation sites excluding steroid dienone is 8. The SMILES string of the molecule is CCCCN1C(=CC=C2CCCC(C=CC3=[N+](CCCCS(=O)(=O)O)c4ccc(S(=O)(=O)O)cc4C3(C)C)=C2C)C(C)(C)c2cc(C)ccc21. The molecular weight excluding hydrogens is 669 g/mol. The predicted octanol–water partition coefficient (Wildman–Crippen LogP) is 8.75. The van der Waals surface area contributed by atoms with E-state index in [9.17, 15) is 25.9 Å². The van der Waals surface area contributed by atoms with Crippen LogP contribution in [0.2, 0.25) is 0 Å². The van der Waals surface area contributed by atoms with E-state index in [2.05, 4.69) is 86.6 Å². The van der Waals surface area contributed by atoms with Crippen LogP contribution in [0.1, 0.15) is 103 Å². The molecule has 8 nitrogen and oxygen atoms in total. The molecule has 2 aromatic carbocycles. The first kappa shape index (κ1) is 37.9. The molecule has 0 radical (unpaired) electrons. The minimum absolute atomic E-state index is 0.110. The Morgan fingerprint density at radius 2 is 1.60 bits per heavy atom. The van der Waals surface area contributed by atoms with Gasteiger partial charge in [0.05, 0.1) is 16.1 Å². The Labute approximate surface area is 299 Å². The lowest BCUT2D eigenvalue weighted by atomic mass is 9.80. The summed E-state index contributed by atoms with van der Waals surface area (Å²) in [5, 5.41) is 0. The molecule has 0 bridgehead atoms. The van der Waals surface area contributed by atoms with Gasteiger partial charge >= 0.3 is 0 Å². The summed E-state index contributed by atoms with van der Waals surface area (Å²) >= 11 is 0. The molecule has 2 aromatic rings. The highest BCUT2D eigenvalue weighted by Crippen LogP contribution is 2.48. The van der Waals surface area contributed by atoms with Crippen LogP contribution in [0, 0.1) is 6.92 Å². The van der Waals surface area contributed by atoms with Crippen molar-refractivity contribution < 1.29 is 30.5 Å². The number of fused-ring (bicyclic) bond motifs is 2. The number of benzene rings is 2. The minimum Gasteiger partial charge on any atom is -0.344 e. The fraction of sp³-hybridized carbons (Fsp3) is 0.475. The van der Waals surface area contributed by atoms with E-state index >= 15 is 0 Å². The Hall–Kier alpha value is -3.31. The van der Waals surface area contributed by atoms with Crippen LogP contribution in [0.5, 0.6) is 0 Å². The van der Waals surface area contributed by atoms with Gasteiger partial charge in [-0.25, -0.2) is 0 Å². The molecule has 1 aliphatic carbocycles. The number of nitrogens with zero attached hydrogens (tertiary/aromatic N) is 2. The molecule has 0 fully saturated rings. The van der Waals surface area contributed by atoms with Crippen molar-refractivity contribution in [2.45, 2.75) is 109 Å². The third kappa shape index (κ3) is 7.78. The summed E-state index contributed by atoms with van der Waals surface area (Å²) in [5.74, 6) is -0.319. The number of hydrogen-bond donors (Lipinski definition) is 2. The lowest BCUT2D eigenvalue weighted by Gasteiger charge is -2.27. The molecule has 3 aliphatic rings. The molecule has 0 atom stereocenters. The van der Waals surface area contributed by atoms with E-state index in [1.807, 2.05) is 13.8 Å². The van der Waals surface area contributed by atoms with Crippen molar-refractivity contribution in [1.29, 1.82) is 0 Å². The van der Waals surface area contributed by atoms with Crippen molar-refractivity contribution in [2.75, 3.05) is 23.7 Å². The highest BCUT2D eigenvalue weighted by atomic mass is 32.2. The summed E-state index contributed by atoms with van der Waals surface area (Å²) in [7, 11) is -8.46. The van der Waals surface area contributed by atoms with Crippen molar-refractivity contribution in [1.82, 2.24) is 0 Å². The zero-order valence-electron chi connectivity index (χ0n) is 30.6. The van der Waals surface area contributed by atoms with E-state index in [0.717, 1.165) is 55.6 Å². The van der Waals surface area contributed by atoms with Crippen LogP contribution in [0.25, 0.3) is 0 Å². The van der Waals surface area contributed by atoms with E-state index in [-0.39, 0.29) is 22.5 Å². The topological polar surface area (TPSA) is 115 Å². The third-order valence-electron chi connectivity index (χ3n) is 10.7. The van der Waals surface area contributed by atoms with E-state index in [4.69, 9.17) is 0 Å². The standard InChI is InChI=1S/C40H52N2O6S2/c1-8-9-23-41-35-19-15-28(2)26-33(35)39(4,5)37(41)21-16-30-13-12-14-31(29(30)3)17-22-38-40(6,7)34-27-32(50(46,47)48)18-20-36(34)42(38)24-10-11-25-49(43,44)45/h15-22,26-27H,8-14,23-25H2,1-7H3,(H-,43,44,45,46,47,48)/p+1. The van der Waals surface area contributed by atoms with Crippen molar-refractivity contribution in [3.05, 3.63) is 99.8 Å². The maximum atomic E-state index is 12.0. The average Bonchev–Trinajstić information content (AvgIpc) is 3.37. The van der Waals surface area contributed by atoms with E-state index in [1.54, 1.807) is 6.07 Å². The van der Waals surface area contributed by atoms with E-state index in [1.165, 1.54) is 51.4 Å². The van der Waals surface area contributed by atoms with Gasteiger partial charge in [-0.15, -0.1) is 0 Å². The first-order valence-electron chi connectivity index (χ1n) is 17.8. The van der Waals surface area contributed by atoms with Gasteiger partial charge in [-0.1, -0.05) is 57.0 Å². The van der Waals surface area contributed by atoms with Crippen molar-refractivity contribution >= 4 is 37.3 Å². The number of unbranched alkanes of at least 4 members (excludes halogenated alkanes) is 2. The zero-order valence-corrected chi connectivity index (χ0v) is 32.2. The molecule has 2 N–H and O–H groups in total. The predicted molar refractivity (Wildman–Crippen MR) is 203 cm³/mol. The highest BCUT2D eigenvalue weighted by Gasteiger charge is 2.45. The Bertz CT molecular complexity index is 2050. The molecule has 0 saturated carbocycles. The zero-order chi connectivity index (χ0) is 36.6. The first-order valence-corrected chi connectivity index (χ1v) is 20.8. The van der Waals surface area contributed by atoms with Gasteiger partial charge in [0.15, 0.2) is 5.71 Å². The van der Waals surface area contributed by atoms with E-state index in [0.29, 0.717) is 13.0 Å². The van der Waals surface area contributed by atoms with Gasteiger partial charge in [-0.3, -0.25) is 9.11 Å². The number of rotatable bonds is 12. The Kier molecular flexibility index (Phi) is 10.9. The van der Waals surface area contributed by atoms with Crippen LogP contribution in [0.15, 0.2) is 88.0 Å². The minimum atomic E-state index is -4.40. The molecule has 2 aliphatic heterocycles. The molecule has 50 heavy (non-hydrogen) atoms. The molecule has 0 unspecified atom stereocenters. The summed E-state index contributed by atoms with van der Waals surface area (Å²) in [4.78, 5) is 2.35. The number of anilines is 1. The summed E-state index contributed by atoms with van der Waals surface area (Å²) < 4.78 is 68.0. The van der Waals surface area contributed by atoms with Gasteiger partial charge in [0.2, 0.25) is 5.69 Å². The molecule has 0 amide bonds. The molecule has 5 rings (SSSR count). The van der Waals surface area contributed by atoms with Gasteiger partial charge in [0, 0.05) is 47.5 Å². The lowest BCUT2D eigenvalue weighted by Crippen LogP contribution is -2.28. The van der Waals surface area contributed by atoms with Crippen LogP contribution in [-0.2, 0) is 31.1 Å². The summed E-state index contributed by atoms with van der Waals surface area (Å²) in [6.07, 6.45) is 15.0. The third-order valence-corrected chi connectivity index (χ3v) is 12.4. The van der Waals surface area contributed by atoms with Crippen molar-refractivity contribution in [2.24, 2.45) is 0 Å². The summed E-state index contributed by atoms with van der Waals surface area (Å²) in [6, 6.07) is 11.4. The van der Waals surface area contributed by atoms with Crippen molar-refractivity contribution in [3.63, 3.8) is 0 Å². The highest BCUT2D eigenvalue weighted by molar-refractivity contribution is 7.86. The number of hydrogen-bond acceptors (Lipinski definition) is 5. The van der Waals surface area contributed by atoms with Crippen LogP contribution in [0.3, 0.4) is 0 Å². The van der Waals surface area contributed by atoms with Crippen LogP contribution < -0.4 is 4.90 Å². The monoisotopic (exact) mass is 721 g/mol. The van der Waals surface area contributed by atoms with Gasteiger partial charge in [-0.2, -0.15) is 21.4 Å². The van der Waals surface area contributed by atoms with E-state index < -0.39 is 25.7 Å². The molecule has 10 heteroatoms. The number of aryl methyl sites for hydroxylation is 1. The molecule has 2 heterocycles. The van der Waals surface area contributed by atoms with Crippen LogP contribution >= 0.6 is 0 Å². The second kappa shape index (κ2) is 14.4. The van der Waals surface area contributed by atoms with Crippen LogP contribution in [0.4, 0.5) is 11.4 Å². The summed E-state index contributed by atoms with van der Waals surface area (Å²) in [5.41, 5.74) is 11.0. The Balaban J connectivity index is 1.51. The fourth-order valence-corrected chi connectivity index (χ4v) is 8.86. The lowest BCUT2D eigenvalue weighted by molar-refractivity contribution is -0.438. The second-order valence-corrected chi connectivity index (χ2v) is 18.0. The fourth-order valence-electron chi connectivity index (χ4n) is 7.78. The largest absolute Gasteiger partial charge is 0.344 e. The normalized spacial score (nSPS) is 20.5. The maximum Gasteiger partial charge on any atom is 0.294 e. The Morgan fingerprint density at radius 3 is 2.28 bits per heavy atom. The van der Waals surface area contributed by atoms with Crippen LogP contribution in [-0.4, -0.2) is 55.1 Å². The van der Waals surface area contributed by atoms with Crippen molar-refractivity contribution in [3.8, 4) is 0 Å². The Morgan fingerprint density at radius 1 is 0.860 bits per heavy atom. The summed E-state index contributed by atoms with van der Waals surface area (Å²) in [6.45, 7) is 16.8. The molecule has 0 aromatic heterocycles. The average molecular weight is 722 g/mol.